The van der Waals surface area contributed by atoms with Gasteiger partial charge in [0.25, 0.3) is 0 Å². The molecule has 2 aromatic carbocycles. The summed E-state index contributed by atoms with van der Waals surface area (Å²) in [6.45, 7) is 5.04. The van der Waals surface area contributed by atoms with Crippen molar-refractivity contribution in [2.75, 3.05) is 26.3 Å². The predicted octanol–water partition coefficient (Wildman–Crippen LogP) is 2.64. The molecule has 0 radical (unpaired) electrons. The highest BCUT2D eigenvalue weighted by molar-refractivity contribution is 5.77. The maximum atomic E-state index is 12.2. The van der Waals surface area contributed by atoms with Crippen molar-refractivity contribution in [3.8, 4) is 0 Å². The van der Waals surface area contributed by atoms with E-state index in [1.54, 1.807) is 0 Å². The molecule has 6 nitrogen and oxygen atoms in total. The second-order valence-electron chi connectivity index (χ2n) is 7.19. The minimum atomic E-state index is 0.0408. The van der Waals surface area contributed by atoms with Gasteiger partial charge in [0.1, 0.15) is 5.82 Å². The number of aryl methyl sites for hydroxylation is 1. The molecule has 1 aromatic heterocycles. The monoisotopic (exact) mass is 378 g/mol. The maximum absolute atomic E-state index is 12.2. The van der Waals surface area contributed by atoms with Crippen LogP contribution in [0.3, 0.4) is 0 Å². The average molecular weight is 378 g/mol. The number of hydrogen-bond acceptors (Lipinski definition) is 4. The number of hydrogen-bond donors (Lipinski definition) is 2. The molecule has 1 fully saturated rings. The molecule has 4 rings (SSSR count). The molecular formula is C22H26N4O2. The summed E-state index contributed by atoms with van der Waals surface area (Å²) in [5.41, 5.74) is 4.35. The van der Waals surface area contributed by atoms with Gasteiger partial charge < -0.3 is 15.0 Å². The van der Waals surface area contributed by atoms with Crippen LogP contribution in [0.15, 0.2) is 48.5 Å². The summed E-state index contributed by atoms with van der Waals surface area (Å²) in [6, 6.07) is 16.3. The average Bonchev–Trinajstić information content (AvgIpc) is 3.15. The summed E-state index contributed by atoms with van der Waals surface area (Å²) in [5, 5.41) is 3.02. The number of carbonyl (C=O) groups excluding carboxylic acids is 1. The molecule has 146 valence electrons. The minimum absolute atomic E-state index is 0.0408. The number of morpholine rings is 1. The van der Waals surface area contributed by atoms with Crippen LogP contribution in [-0.4, -0.2) is 47.1 Å². The number of H-pyrrole nitrogens is 1. The SMILES string of the molecule is O=C(CCc1nc2ccccc2[nH]1)NCc1cccc(CN2CCOCC2)c1. The van der Waals surface area contributed by atoms with Gasteiger partial charge in [0, 0.05) is 39.0 Å². The van der Waals surface area contributed by atoms with Crippen LogP contribution < -0.4 is 5.32 Å². The number of nitrogens with zero attached hydrogens (tertiary/aromatic N) is 2. The predicted molar refractivity (Wildman–Crippen MR) is 109 cm³/mol. The lowest BCUT2D eigenvalue weighted by Gasteiger charge is -2.26. The van der Waals surface area contributed by atoms with Gasteiger partial charge in [-0.3, -0.25) is 9.69 Å². The lowest BCUT2D eigenvalue weighted by atomic mass is 10.1. The molecule has 0 saturated carbocycles. The number of nitrogens with one attached hydrogen (secondary N) is 2. The fourth-order valence-electron chi connectivity index (χ4n) is 3.50. The summed E-state index contributed by atoms with van der Waals surface area (Å²) < 4.78 is 5.40. The molecule has 0 bridgehead atoms. The van der Waals surface area contributed by atoms with Crippen molar-refractivity contribution in [2.45, 2.75) is 25.9 Å². The Morgan fingerprint density at radius 1 is 1.11 bits per heavy atom. The van der Waals surface area contributed by atoms with Crippen LogP contribution in [0.2, 0.25) is 0 Å². The fraction of sp³-hybridized carbons (Fsp3) is 0.364. The second-order valence-corrected chi connectivity index (χ2v) is 7.19. The van der Waals surface area contributed by atoms with Crippen molar-refractivity contribution >= 4 is 16.9 Å². The van der Waals surface area contributed by atoms with E-state index in [1.807, 2.05) is 24.3 Å². The summed E-state index contributed by atoms with van der Waals surface area (Å²) >= 11 is 0. The van der Waals surface area contributed by atoms with Crippen molar-refractivity contribution in [3.05, 3.63) is 65.5 Å². The van der Waals surface area contributed by atoms with E-state index in [1.165, 1.54) is 5.56 Å². The van der Waals surface area contributed by atoms with Gasteiger partial charge in [0.2, 0.25) is 5.91 Å². The first-order valence-electron chi connectivity index (χ1n) is 9.84. The molecule has 1 saturated heterocycles. The molecule has 2 N–H and O–H groups in total. The van der Waals surface area contributed by atoms with Crippen molar-refractivity contribution in [1.82, 2.24) is 20.2 Å². The number of carbonyl (C=O) groups is 1. The van der Waals surface area contributed by atoms with Crippen LogP contribution in [0.1, 0.15) is 23.4 Å². The third-order valence-electron chi connectivity index (χ3n) is 5.02. The standard InChI is InChI=1S/C22H26N4O2/c27-22(9-8-21-24-19-6-1-2-7-20(19)25-21)23-15-17-4-3-5-18(14-17)16-26-10-12-28-13-11-26/h1-7,14H,8-13,15-16H2,(H,23,27)(H,24,25). The van der Waals surface area contributed by atoms with E-state index in [4.69, 9.17) is 4.74 Å². The fourth-order valence-corrected chi connectivity index (χ4v) is 3.50. The Bertz CT molecular complexity index is 898. The van der Waals surface area contributed by atoms with Crippen molar-refractivity contribution in [3.63, 3.8) is 0 Å². The summed E-state index contributed by atoms with van der Waals surface area (Å²) in [6.07, 6.45) is 1.03. The molecule has 0 spiro atoms. The Hall–Kier alpha value is -2.70. The van der Waals surface area contributed by atoms with E-state index in [0.29, 0.717) is 19.4 Å². The van der Waals surface area contributed by atoms with E-state index in [-0.39, 0.29) is 5.91 Å². The number of imidazole rings is 1. The largest absolute Gasteiger partial charge is 0.379 e. The highest BCUT2D eigenvalue weighted by atomic mass is 16.5. The van der Waals surface area contributed by atoms with Crippen LogP contribution >= 0.6 is 0 Å². The van der Waals surface area contributed by atoms with E-state index < -0.39 is 0 Å². The second kappa shape index (κ2) is 8.99. The molecule has 6 heteroatoms. The van der Waals surface area contributed by atoms with Gasteiger partial charge in [-0.2, -0.15) is 0 Å². The molecule has 0 unspecified atom stereocenters. The van der Waals surface area contributed by atoms with Gasteiger partial charge in [-0.1, -0.05) is 36.4 Å². The first-order valence-corrected chi connectivity index (χ1v) is 9.84. The third-order valence-corrected chi connectivity index (χ3v) is 5.02. The number of aromatic amines is 1. The molecule has 28 heavy (non-hydrogen) atoms. The molecule has 1 aliphatic rings. The minimum Gasteiger partial charge on any atom is -0.379 e. The Kier molecular flexibility index (Phi) is 5.99. The quantitative estimate of drug-likeness (QED) is 0.663. The van der Waals surface area contributed by atoms with Crippen LogP contribution in [0.5, 0.6) is 0 Å². The lowest BCUT2D eigenvalue weighted by Crippen LogP contribution is -2.35. The third kappa shape index (κ3) is 4.97. The maximum Gasteiger partial charge on any atom is 0.220 e. The number of aromatic nitrogens is 2. The van der Waals surface area contributed by atoms with Gasteiger partial charge in [-0.15, -0.1) is 0 Å². The van der Waals surface area contributed by atoms with Gasteiger partial charge in [0.15, 0.2) is 0 Å². The number of rotatable bonds is 7. The first kappa shape index (κ1) is 18.7. The zero-order valence-corrected chi connectivity index (χ0v) is 16.0. The van der Waals surface area contributed by atoms with Gasteiger partial charge >= 0.3 is 0 Å². The zero-order chi connectivity index (χ0) is 19.2. The molecule has 0 aliphatic carbocycles. The van der Waals surface area contributed by atoms with E-state index >= 15 is 0 Å². The number of para-hydroxylation sites is 2. The topological polar surface area (TPSA) is 70.2 Å². The van der Waals surface area contributed by atoms with E-state index in [0.717, 1.165) is 55.3 Å². The summed E-state index contributed by atoms with van der Waals surface area (Å²) in [4.78, 5) is 22.4. The van der Waals surface area contributed by atoms with Crippen LogP contribution in [0.25, 0.3) is 11.0 Å². The molecule has 2 heterocycles. The van der Waals surface area contributed by atoms with E-state index in [2.05, 4.69) is 44.5 Å². The molecule has 3 aromatic rings. The number of fused-ring (bicyclic) bond motifs is 1. The Morgan fingerprint density at radius 3 is 2.79 bits per heavy atom. The van der Waals surface area contributed by atoms with Crippen molar-refractivity contribution in [1.29, 1.82) is 0 Å². The lowest BCUT2D eigenvalue weighted by molar-refractivity contribution is -0.121. The zero-order valence-electron chi connectivity index (χ0n) is 16.0. The Morgan fingerprint density at radius 2 is 1.93 bits per heavy atom. The van der Waals surface area contributed by atoms with Crippen LogP contribution in [0, 0.1) is 0 Å². The summed E-state index contributed by atoms with van der Waals surface area (Å²) in [7, 11) is 0. The van der Waals surface area contributed by atoms with Gasteiger partial charge in [-0.05, 0) is 23.3 Å². The van der Waals surface area contributed by atoms with Crippen molar-refractivity contribution < 1.29 is 9.53 Å². The highest BCUT2D eigenvalue weighted by Crippen LogP contribution is 2.12. The van der Waals surface area contributed by atoms with Crippen LogP contribution in [0.4, 0.5) is 0 Å². The number of amides is 1. The first-order chi connectivity index (χ1) is 13.8. The Labute approximate surface area is 164 Å². The van der Waals surface area contributed by atoms with Crippen molar-refractivity contribution in [2.24, 2.45) is 0 Å². The van der Waals surface area contributed by atoms with E-state index in [9.17, 15) is 4.79 Å². The smallest absolute Gasteiger partial charge is 0.220 e. The number of benzene rings is 2. The van der Waals surface area contributed by atoms with Gasteiger partial charge in [0.05, 0.1) is 24.2 Å². The molecule has 1 amide bonds. The summed E-state index contributed by atoms with van der Waals surface area (Å²) in [5.74, 6) is 0.892. The Balaban J connectivity index is 1.25. The molecule has 0 atom stereocenters. The molecular weight excluding hydrogens is 352 g/mol. The number of ether oxygens (including phenoxy) is 1. The van der Waals surface area contributed by atoms with Crippen LogP contribution in [-0.2, 0) is 29.0 Å². The highest BCUT2D eigenvalue weighted by Gasteiger charge is 2.11. The normalized spacial score (nSPS) is 15.0. The van der Waals surface area contributed by atoms with Gasteiger partial charge in [-0.25, -0.2) is 4.98 Å². The molecule has 1 aliphatic heterocycles.